The van der Waals surface area contributed by atoms with E-state index in [1.165, 1.54) is 6.08 Å². The van der Waals surface area contributed by atoms with Crippen LogP contribution in [0.3, 0.4) is 0 Å². The molecule has 3 aliphatic carbocycles. The fourth-order valence-corrected chi connectivity index (χ4v) is 5.77. The normalized spacial score (nSPS) is 28.9. The van der Waals surface area contributed by atoms with Gasteiger partial charge >= 0.3 is 0 Å². The Balaban J connectivity index is 1.73. The summed E-state index contributed by atoms with van der Waals surface area (Å²) in [7, 11) is 0. The van der Waals surface area contributed by atoms with Crippen LogP contribution in [0.2, 0.25) is 0 Å². The second kappa shape index (κ2) is 7.52. The molecule has 2 amide bonds. The summed E-state index contributed by atoms with van der Waals surface area (Å²) in [6, 6.07) is 4.99. The van der Waals surface area contributed by atoms with Crippen molar-refractivity contribution in [3.8, 4) is 11.5 Å². The Morgan fingerprint density at radius 2 is 1.88 bits per heavy atom. The minimum atomic E-state index is -0.828. The minimum Gasteiger partial charge on any atom is -0.504 e. The number of hydrogen-bond donors (Lipinski definition) is 2. The number of carbonyl (C=O) groups is 4. The molecule has 33 heavy (non-hydrogen) atoms. The van der Waals surface area contributed by atoms with Crippen LogP contribution in [-0.4, -0.2) is 45.4 Å². The van der Waals surface area contributed by atoms with Gasteiger partial charge < -0.3 is 9.84 Å². The molecule has 5 rings (SSSR count). The molecule has 0 bridgehead atoms. The Kier molecular flexibility index (Phi) is 4.86. The number of aromatic hydroxyl groups is 1. The van der Waals surface area contributed by atoms with Crippen molar-refractivity contribution < 1.29 is 34.2 Å². The lowest BCUT2D eigenvalue weighted by Gasteiger charge is -2.42. The van der Waals surface area contributed by atoms with Crippen LogP contribution in [-0.2, 0) is 19.2 Å². The quantitative estimate of drug-likeness (QED) is 0.315. The van der Waals surface area contributed by atoms with Gasteiger partial charge in [0.2, 0.25) is 0 Å². The predicted octanol–water partition coefficient (Wildman–Crippen LogP) is 2.61. The highest BCUT2D eigenvalue weighted by Gasteiger charge is 2.56. The molecule has 0 unspecified atom stereocenters. The molecule has 170 valence electrons. The van der Waals surface area contributed by atoms with Crippen LogP contribution >= 0.6 is 0 Å². The van der Waals surface area contributed by atoms with Crippen LogP contribution in [0.5, 0.6) is 11.5 Å². The molecule has 0 saturated carbocycles. The number of allylic oxidation sites excluding steroid dienone is 6. The molecule has 4 atom stereocenters. The lowest BCUT2D eigenvalue weighted by Crippen LogP contribution is -2.39. The maximum atomic E-state index is 13.2. The number of amides is 2. The van der Waals surface area contributed by atoms with E-state index in [0.717, 1.165) is 0 Å². The molecule has 1 aromatic carbocycles. The first kappa shape index (κ1) is 21.3. The minimum absolute atomic E-state index is 0.118. The van der Waals surface area contributed by atoms with Crippen LogP contribution in [0.4, 0.5) is 0 Å². The van der Waals surface area contributed by atoms with Crippen molar-refractivity contribution in [2.75, 3.05) is 6.61 Å². The van der Waals surface area contributed by atoms with Gasteiger partial charge in [-0.2, -0.15) is 5.06 Å². The maximum Gasteiger partial charge on any atom is 0.257 e. The van der Waals surface area contributed by atoms with Crippen molar-refractivity contribution in [3.63, 3.8) is 0 Å². The molecule has 8 heteroatoms. The number of hydrogen-bond acceptors (Lipinski definition) is 7. The van der Waals surface area contributed by atoms with Gasteiger partial charge in [-0.1, -0.05) is 23.8 Å². The Bertz CT molecular complexity index is 1220. The SMILES string of the molecule is CCOc1cccc([C@H]2C3=CC[C@@H]4C(=O)N(O)C(=O)[C@@H]4[C@@H]3CC3=C2C(=O)C=C(C)C3=O)c1O. The van der Waals surface area contributed by atoms with Crippen LogP contribution in [0.1, 0.15) is 38.2 Å². The average Bonchev–Trinajstić information content (AvgIpc) is 3.02. The van der Waals surface area contributed by atoms with E-state index in [2.05, 4.69) is 0 Å². The van der Waals surface area contributed by atoms with Crippen LogP contribution in [0, 0.1) is 17.8 Å². The van der Waals surface area contributed by atoms with Gasteiger partial charge in [-0.3, -0.25) is 24.4 Å². The molecule has 0 radical (unpaired) electrons. The number of ketones is 2. The number of para-hydroxylation sites is 1. The summed E-state index contributed by atoms with van der Waals surface area (Å²) in [5.41, 5.74) is 1.99. The van der Waals surface area contributed by atoms with Crippen LogP contribution < -0.4 is 4.74 Å². The third-order valence-corrected chi connectivity index (χ3v) is 7.18. The van der Waals surface area contributed by atoms with Crippen molar-refractivity contribution >= 4 is 23.4 Å². The zero-order valence-electron chi connectivity index (χ0n) is 18.2. The highest BCUT2D eigenvalue weighted by molar-refractivity contribution is 6.23. The molecule has 8 nitrogen and oxygen atoms in total. The zero-order chi connectivity index (χ0) is 23.6. The van der Waals surface area contributed by atoms with Crippen molar-refractivity contribution in [1.82, 2.24) is 5.06 Å². The van der Waals surface area contributed by atoms with E-state index < -0.39 is 35.5 Å². The standard InChI is InChI=1S/C25H23NO7/c1-3-33-18-6-4-5-13(23(18)29)19-12-7-8-14-20(25(31)26(32)24(14)30)15(12)10-16-21(19)17(27)9-11(2)22(16)28/h4-7,9,14-15,19-20,29,32H,3,8,10H2,1-2H3/t14-,15+,19+,20-/m0/s1. The largest absolute Gasteiger partial charge is 0.504 e. The Morgan fingerprint density at radius 3 is 2.61 bits per heavy atom. The van der Waals surface area contributed by atoms with Gasteiger partial charge in [-0.05, 0) is 44.7 Å². The summed E-state index contributed by atoms with van der Waals surface area (Å²) in [6.45, 7) is 3.68. The summed E-state index contributed by atoms with van der Waals surface area (Å²) in [5, 5.41) is 21.2. The summed E-state index contributed by atoms with van der Waals surface area (Å²) in [5.74, 6) is -4.69. The second-order valence-electron chi connectivity index (χ2n) is 8.84. The lowest BCUT2D eigenvalue weighted by atomic mass is 9.59. The number of nitrogens with zero attached hydrogens (tertiary/aromatic N) is 1. The van der Waals surface area contributed by atoms with Gasteiger partial charge in [0.05, 0.1) is 18.4 Å². The molecule has 2 N–H and O–H groups in total. The van der Waals surface area contributed by atoms with Crippen molar-refractivity contribution in [3.05, 3.63) is 58.2 Å². The van der Waals surface area contributed by atoms with Crippen molar-refractivity contribution in [2.45, 2.75) is 32.6 Å². The monoisotopic (exact) mass is 449 g/mol. The van der Waals surface area contributed by atoms with Gasteiger partial charge in [0.1, 0.15) is 0 Å². The van der Waals surface area contributed by atoms with Crippen LogP contribution in [0.15, 0.2) is 52.6 Å². The van der Waals surface area contributed by atoms with E-state index in [4.69, 9.17) is 4.74 Å². The first-order valence-corrected chi connectivity index (χ1v) is 11.0. The maximum absolute atomic E-state index is 13.2. The first-order valence-electron chi connectivity index (χ1n) is 11.0. The molecule has 0 spiro atoms. The van der Waals surface area contributed by atoms with Gasteiger partial charge in [0.25, 0.3) is 11.8 Å². The topological polar surface area (TPSA) is 121 Å². The number of imide groups is 1. The van der Waals surface area contributed by atoms with Gasteiger partial charge in [-0.15, -0.1) is 0 Å². The fraction of sp³-hybridized carbons (Fsp3) is 0.360. The van der Waals surface area contributed by atoms with E-state index in [1.54, 1.807) is 32.0 Å². The van der Waals surface area contributed by atoms with E-state index in [0.29, 0.717) is 28.9 Å². The zero-order valence-corrected chi connectivity index (χ0v) is 18.2. The fourth-order valence-electron chi connectivity index (χ4n) is 5.77. The van der Waals surface area contributed by atoms with E-state index in [1.807, 2.05) is 6.08 Å². The molecular formula is C25H23NO7. The predicted molar refractivity (Wildman–Crippen MR) is 114 cm³/mol. The smallest absolute Gasteiger partial charge is 0.257 e. The molecular weight excluding hydrogens is 426 g/mol. The Labute approximate surface area is 189 Å². The average molecular weight is 449 g/mol. The van der Waals surface area contributed by atoms with Crippen molar-refractivity contribution in [1.29, 1.82) is 0 Å². The van der Waals surface area contributed by atoms with Gasteiger partial charge in [-0.25, -0.2) is 0 Å². The number of benzene rings is 1. The molecule has 1 fully saturated rings. The third kappa shape index (κ3) is 2.94. The van der Waals surface area contributed by atoms with Gasteiger partial charge in [0.15, 0.2) is 23.1 Å². The highest BCUT2D eigenvalue weighted by Crippen LogP contribution is 2.56. The van der Waals surface area contributed by atoms with Gasteiger partial charge in [0, 0.05) is 28.2 Å². The molecule has 1 saturated heterocycles. The number of phenols is 1. The highest BCUT2D eigenvalue weighted by atomic mass is 16.5. The first-order chi connectivity index (χ1) is 15.8. The number of hydroxylamine groups is 2. The molecule has 4 aliphatic rings. The van der Waals surface area contributed by atoms with E-state index in [-0.39, 0.29) is 46.5 Å². The number of carbonyl (C=O) groups excluding carboxylic acids is 4. The second-order valence-corrected chi connectivity index (χ2v) is 8.84. The summed E-state index contributed by atoms with van der Waals surface area (Å²) in [6.07, 6.45) is 3.47. The molecule has 1 heterocycles. The molecule has 1 aromatic rings. The third-order valence-electron chi connectivity index (χ3n) is 7.18. The number of rotatable bonds is 3. The number of phenolic OH excluding ortho intramolecular Hbond substituents is 1. The van der Waals surface area contributed by atoms with Crippen molar-refractivity contribution in [2.24, 2.45) is 17.8 Å². The Hall–Kier alpha value is -3.52. The summed E-state index contributed by atoms with van der Waals surface area (Å²) < 4.78 is 5.53. The Morgan fingerprint density at radius 1 is 1.12 bits per heavy atom. The molecule has 0 aromatic heterocycles. The van der Waals surface area contributed by atoms with Crippen LogP contribution in [0.25, 0.3) is 0 Å². The summed E-state index contributed by atoms with van der Waals surface area (Å²) in [4.78, 5) is 51.5. The lowest BCUT2D eigenvalue weighted by molar-refractivity contribution is -0.173. The molecule has 1 aliphatic heterocycles. The number of Topliss-reactive ketones (excluding diaryl/α,β-unsaturated/α-hetero) is 1. The summed E-state index contributed by atoms with van der Waals surface area (Å²) >= 11 is 0. The van der Waals surface area contributed by atoms with E-state index >= 15 is 0 Å². The van der Waals surface area contributed by atoms with E-state index in [9.17, 15) is 29.5 Å². The number of ether oxygens (including phenoxy) is 1. The number of fused-ring (bicyclic) bond motifs is 3.